The summed E-state index contributed by atoms with van der Waals surface area (Å²) >= 11 is 0. The van der Waals surface area contributed by atoms with Crippen LogP contribution in [0.3, 0.4) is 0 Å². The summed E-state index contributed by atoms with van der Waals surface area (Å²) in [7, 11) is -2.01. The second-order valence-electron chi connectivity index (χ2n) is 6.53. The molecule has 0 bridgehead atoms. The topological polar surface area (TPSA) is 94.1 Å². The van der Waals surface area contributed by atoms with Gasteiger partial charge in [0.25, 0.3) is 10.0 Å². The molecule has 3 heterocycles. The van der Waals surface area contributed by atoms with Crippen molar-refractivity contribution in [3.05, 3.63) is 24.0 Å². The van der Waals surface area contributed by atoms with Crippen LogP contribution in [0, 0.1) is 0 Å². The van der Waals surface area contributed by atoms with Gasteiger partial charge in [-0.3, -0.25) is 4.68 Å². The average Bonchev–Trinajstić information content (AvgIpc) is 3.15. The van der Waals surface area contributed by atoms with Crippen LogP contribution >= 0.6 is 0 Å². The summed E-state index contributed by atoms with van der Waals surface area (Å²) in [4.78, 5) is 0. The van der Waals surface area contributed by atoms with E-state index in [1.165, 1.54) is 27.7 Å². The van der Waals surface area contributed by atoms with Gasteiger partial charge >= 0.3 is 0 Å². The summed E-state index contributed by atoms with van der Waals surface area (Å²) in [5, 5.41) is 12.5. The third kappa shape index (κ3) is 2.55. The molecule has 2 fully saturated rings. The molecule has 0 amide bonds. The number of piperidine rings is 1. The van der Waals surface area contributed by atoms with Crippen molar-refractivity contribution >= 4 is 10.0 Å². The van der Waals surface area contributed by atoms with Gasteiger partial charge in [-0.2, -0.15) is 9.40 Å². The maximum atomic E-state index is 13.0. The molecular formula is C15H21N5O3S. The Morgan fingerprint density at radius 3 is 2.58 bits per heavy atom. The predicted molar refractivity (Wildman–Crippen MR) is 84.6 cm³/mol. The summed E-state index contributed by atoms with van der Waals surface area (Å²) < 4.78 is 34.8. The monoisotopic (exact) mass is 351 g/mol. The second kappa shape index (κ2) is 5.96. The highest BCUT2D eigenvalue weighted by Gasteiger charge is 2.39. The molecule has 1 aliphatic carbocycles. The normalized spacial score (nSPS) is 23.3. The number of hydrogen-bond acceptors (Lipinski definition) is 6. The first-order valence-corrected chi connectivity index (χ1v) is 9.84. The van der Waals surface area contributed by atoms with Crippen molar-refractivity contribution in [1.82, 2.24) is 24.3 Å². The highest BCUT2D eigenvalue weighted by atomic mass is 32.2. The molecular weight excluding hydrogens is 330 g/mol. The van der Waals surface area contributed by atoms with E-state index in [0.29, 0.717) is 30.7 Å². The highest BCUT2D eigenvalue weighted by Crippen LogP contribution is 2.39. The van der Waals surface area contributed by atoms with Gasteiger partial charge in [-0.15, -0.1) is 10.2 Å². The quantitative estimate of drug-likeness (QED) is 0.836. The number of rotatable bonds is 4. The molecule has 2 aliphatic rings. The Hall–Kier alpha value is -1.74. The molecule has 0 N–H and O–H groups in total. The molecule has 2 aromatic rings. The molecule has 0 radical (unpaired) electrons. The Morgan fingerprint density at radius 1 is 1.12 bits per heavy atom. The number of nitrogens with zero attached hydrogens (tertiary/aromatic N) is 5. The van der Waals surface area contributed by atoms with Crippen LogP contribution < -0.4 is 0 Å². The van der Waals surface area contributed by atoms with E-state index in [9.17, 15) is 8.42 Å². The molecule has 130 valence electrons. The van der Waals surface area contributed by atoms with Gasteiger partial charge in [-0.05, 0) is 31.7 Å². The second-order valence-corrected chi connectivity index (χ2v) is 8.36. The molecule has 24 heavy (non-hydrogen) atoms. The van der Waals surface area contributed by atoms with E-state index in [0.717, 1.165) is 25.7 Å². The first kappa shape index (κ1) is 15.8. The maximum Gasteiger partial charge on any atom is 0.260 e. The summed E-state index contributed by atoms with van der Waals surface area (Å²) in [6.45, 7) is 0.458. The minimum absolute atomic E-state index is 0.188. The van der Waals surface area contributed by atoms with E-state index in [1.54, 1.807) is 7.05 Å². The summed E-state index contributed by atoms with van der Waals surface area (Å²) in [6.07, 6.45) is 7.30. The largest absolute Gasteiger partial charge is 0.423 e. The van der Waals surface area contributed by atoms with Crippen LogP contribution in [0.2, 0.25) is 0 Å². The molecule has 0 unspecified atom stereocenters. The van der Waals surface area contributed by atoms with Crippen molar-refractivity contribution in [3.63, 3.8) is 0 Å². The van der Waals surface area contributed by atoms with E-state index < -0.39 is 10.0 Å². The Labute approximate surface area is 140 Å². The van der Waals surface area contributed by atoms with Gasteiger partial charge in [0.2, 0.25) is 11.8 Å². The van der Waals surface area contributed by atoms with E-state index in [-0.39, 0.29) is 11.1 Å². The zero-order chi connectivity index (χ0) is 16.7. The Balaban J connectivity index is 1.66. The number of aromatic nitrogens is 4. The minimum Gasteiger partial charge on any atom is -0.423 e. The van der Waals surface area contributed by atoms with Crippen LogP contribution in [0.1, 0.15) is 62.3 Å². The zero-order valence-electron chi connectivity index (χ0n) is 13.6. The number of sulfonamides is 1. The molecule has 9 heteroatoms. The summed E-state index contributed by atoms with van der Waals surface area (Å²) in [6, 6.07) is 1.13. The van der Waals surface area contributed by atoms with Crippen LogP contribution in [-0.2, 0) is 17.1 Å². The van der Waals surface area contributed by atoms with Gasteiger partial charge < -0.3 is 4.42 Å². The van der Waals surface area contributed by atoms with Crippen molar-refractivity contribution in [2.24, 2.45) is 7.05 Å². The van der Waals surface area contributed by atoms with Gasteiger partial charge in [-0.25, -0.2) is 8.42 Å². The van der Waals surface area contributed by atoms with E-state index in [4.69, 9.17) is 4.42 Å². The molecule has 1 aliphatic heterocycles. The fourth-order valence-corrected chi connectivity index (χ4v) is 5.13. The van der Waals surface area contributed by atoms with Gasteiger partial charge in [0.1, 0.15) is 6.04 Å². The Morgan fingerprint density at radius 2 is 1.92 bits per heavy atom. The van der Waals surface area contributed by atoms with E-state index in [2.05, 4.69) is 15.3 Å². The smallest absolute Gasteiger partial charge is 0.260 e. The Bertz CT molecular complexity index is 824. The highest BCUT2D eigenvalue weighted by molar-refractivity contribution is 7.89. The van der Waals surface area contributed by atoms with Gasteiger partial charge in [0.15, 0.2) is 5.03 Å². The SMILES string of the molecule is Cn1nccc1S(=O)(=O)N1CCCC[C@@H]1c1nnc(C2CCC2)o1. The van der Waals surface area contributed by atoms with Gasteiger partial charge in [0.05, 0.1) is 6.20 Å². The summed E-state index contributed by atoms with van der Waals surface area (Å²) in [5.41, 5.74) is 0. The molecule has 8 nitrogen and oxygen atoms in total. The molecule has 1 saturated heterocycles. The molecule has 2 aromatic heterocycles. The lowest BCUT2D eigenvalue weighted by molar-refractivity contribution is 0.209. The molecule has 4 rings (SSSR count). The van der Waals surface area contributed by atoms with Crippen LogP contribution in [-0.4, -0.2) is 39.2 Å². The van der Waals surface area contributed by atoms with Crippen molar-refractivity contribution in [2.75, 3.05) is 6.54 Å². The lowest BCUT2D eigenvalue weighted by Gasteiger charge is -2.32. The van der Waals surface area contributed by atoms with Crippen LogP contribution in [0.4, 0.5) is 0 Å². The van der Waals surface area contributed by atoms with E-state index >= 15 is 0 Å². The van der Waals surface area contributed by atoms with Crippen molar-refractivity contribution in [1.29, 1.82) is 0 Å². The maximum absolute atomic E-state index is 13.0. The lowest BCUT2D eigenvalue weighted by Crippen LogP contribution is -2.39. The fraction of sp³-hybridized carbons (Fsp3) is 0.667. The molecule has 0 spiro atoms. The van der Waals surface area contributed by atoms with Crippen LogP contribution in [0.15, 0.2) is 21.7 Å². The zero-order valence-corrected chi connectivity index (χ0v) is 14.4. The Kier molecular flexibility index (Phi) is 3.92. The minimum atomic E-state index is -3.64. The first-order chi connectivity index (χ1) is 11.6. The molecule has 1 saturated carbocycles. The van der Waals surface area contributed by atoms with Crippen molar-refractivity contribution < 1.29 is 12.8 Å². The van der Waals surface area contributed by atoms with Crippen LogP contribution in [0.5, 0.6) is 0 Å². The third-order valence-electron chi connectivity index (χ3n) is 5.00. The van der Waals surface area contributed by atoms with Gasteiger partial charge in [0, 0.05) is 19.5 Å². The van der Waals surface area contributed by atoms with Gasteiger partial charge in [-0.1, -0.05) is 12.8 Å². The van der Waals surface area contributed by atoms with Crippen molar-refractivity contribution in [3.8, 4) is 0 Å². The number of hydrogen-bond donors (Lipinski definition) is 0. The lowest BCUT2D eigenvalue weighted by atomic mass is 9.85. The standard InChI is InChI=1S/C15H21N5O3S/c1-19-13(8-9-16-19)24(21,22)20-10-3-2-7-12(20)15-18-17-14(23-15)11-5-4-6-11/h8-9,11-12H,2-7,10H2,1H3/t12-/m1/s1. The number of aryl methyl sites for hydroxylation is 1. The molecule has 0 aromatic carbocycles. The van der Waals surface area contributed by atoms with Crippen molar-refractivity contribution in [2.45, 2.75) is 55.5 Å². The summed E-state index contributed by atoms with van der Waals surface area (Å²) in [5.74, 6) is 1.42. The average molecular weight is 351 g/mol. The molecule has 1 atom stereocenters. The first-order valence-electron chi connectivity index (χ1n) is 8.40. The fourth-order valence-electron chi connectivity index (χ4n) is 3.38. The van der Waals surface area contributed by atoms with E-state index in [1.807, 2.05) is 0 Å². The predicted octanol–water partition coefficient (Wildman–Crippen LogP) is 1.99. The van der Waals surface area contributed by atoms with Crippen LogP contribution in [0.25, 0.3) is 0 Å². The third-order valence-corrected chi connectivity index (χ3v) is 6.98.